The lowest BCUT2D eigenvalue weighted by Gasteiger charge is -2.14. The second-order valence-electron chi connectivity index (χ2n) is 3.39. The molecule has 0 aliphatic heterocycles. The van der Waals surface area contributed by atoms with Gasteiger partial charge >= 0.3 is 0 Å². The fourth-order valence-electron chi connectivity index (χ4n) is 1.07. The minimum Gasteiger partial charge on any atom is -0.377 e. The average Bonchev–Trinajstić information content (AvgIpc) is 2.15. The summed E-state index contributed by atoms with van der Waals surface area (Å²) in [6.07, 6.45) is 2.78. The number of aromatic nitrogens is 1. The SMILES string of the molecule is CC(C)OCC(N)c1ccncc1F. The van der Waals surface area contributed by atoms with Crippen LogP contribution in [0.3, 0.4) is 0 Å². The van der Waals surface area contributed by atoms with Crippen molar-refractivity contribution in [2.24, 2.45) is 5.73 Å². The van der Waals surface area contributed by atoms with Crippen molar-refractivity contribution in [1.82, 2.24) is 4.98 Å². The maximum atomic E-state index is 13.2. The van der Waals surface area contributed by atoms with Gasteiger partial charge in [0.05, 0.1) is 24.9 Å². The van der Waals surface area contributed by atoms with Crippen molar-refractivity contribution >= 4 is 0 Å². The molecular weight excluding hydrogens is 183 g/mol. The van der Waals surface area contributed by atoms with Gasteiger partial charge in [0.25, 0.3) is 0 Å². The van der Waals surface area contributed by atoms with E-state index in [1.165, 1.54) is 6.20 Å². The fourth-order valence-corrected chi connectivity index (χ4v) is 1.07. The minimum absolute atomic E-state index is 0.103. The Hall–Kier alpha value is -1.00. The molecule has 0 amide bonds. The Morgan fingerprint density at radius 2 is 2.29 bits per heavy atom. The first-order valence-corrected chi connectivity index (χ1v) is 4.58. The van der Waals surface area contributed by atoms with Gasteiger partial charge < -0.3 is 10.5 Å². The van der Waals surface area contributed by atoms with E-state index >= 15 is 0 Å². The third kappa shape index (κ3) is 3.05. The molecule has 0 radical (unpaired) electrons. The Morgan fingerprint density at radius 3 is 2.86 bits per heavy atom. The number of hydrogen-bond acceptors (Lipinski definition) is 3. The zero-order valence-electron chi connectivity index (χ0n) is 8.40. The molecular formula is C10H15FN2O. The zero-order chi connectivity index (χ0) is 10.6. The summed E-state index contributed by atoms with van der Waals surface area (Å²) in [6.45, 7) is 4.14. The van der Waals surface area contributed by atoms with Crippen LogP contribution in [0.15, 0.2) is 18.5 Å². The van der Waals surface area contributed by atoms with Crippen molar-refractivity contribution < 1.29 is 9.13 Å². The summed E-state index contributed by atoms with van der Waals surface area (Å²) in [7, 11) is 0. The lowest BCUT2D eigenvalue weighted by molar-refractivity contribution is 0.0677. The Kier molecular flexibility index (Phi) is 3.98. The number of hydrogen-bond donors (Lipinski definition) is 1. The third-order valence-corrected chi connectivity index (χ3v) is 1.81. The first kappa shape index (κ1) is 11.1. The predicted molar refractivity (Wildman–Crippen MR) is 52.2 cm³/mol. The van der Waals surface area contributed by atoms with Crippen LogP contribution in [0.25, 0.3) is 0 Å². The summed E-state index contributed by atoms with van der Waals surface area (Å²) in [5.41, 5.74) is 6.20. The molecule has 0 fully saturated rings. The van der Waals surface area contributed by atoms with E-state index in [2.05, 4.69) is 4.98 Å². The topological polar surface area (TPSA) is 48.1 Å². The van der Waals surface area contributed by atoms with Crippen molar-refractivity contribution in [2.75, 3.05) is 6.61 Å². The second kappa shape index (κ2) is 5.02. The van der Waals surface area contributed by atoms with Crippen LogP contribution >= 0.6 is 0 Å². The molecule has 14 heavy (non-hydrogen) atoms. The molecule has 78 valence electrons. The number of nitrogens with zero attached hydrogens (tertiary/aromatic N) is 1. The molecule has 1 rings (SSSR count). The summed E-state index contributed by atoms with van der Waals surface area (Å²) in [5.74, 6) is -0.382. The monoisotopic (exact) mass is 198 g/mol. The molecule has 0 aliphatic carbocycles. The van der Waals surface area contributed by atoms with Crippen LogP contribution in [0.5, 0.6) is 0 Å². The molecule has 2 N–H and O–H groups in total. The quantitative estimate of drug-likeness (QED) is 0.800. The Bertz CT molecular complexity index is 291. The van der Waals surface area contributed by atoms with Crippen LogP contribution in [0.2, 0.25) is 0 Å². The van der Waals surface area contributed by atoms with Gasteiger partial charge in [-0.25, -0.2) is 4.39 Å². The Labute approximate surface area is 83.1 Å². The van der Waals surface area contributed by atoms with Gasteiger partial charge in [0.15, 0.2) is 0 Å². The van der Waals surface area contributed by atoms with Crippen molar-refractivity contribution in [2.45, 2.75) is 26.0 Å². The smallest absolute Gasteiger partial charge is 0.146 e. The molecule has 0 bridgehead atoms. The molecule has 4 heteroatoms. The van der Waals surface area contributed by atoms with E-state index < -0.39 is 6.04 Å². The van der Waals surface area contributed by atoms with E-state index in [-0.39, 0.29) is 11.9 Å². The summed E-state index contributed by atoms with van der Waals surface area (Å²) in [4.78, 5) is 3.65. The highest BCUT2D eigenvalue weighted by Gasteiger charge is 2.11. The highest BCUT2D eigenvalue weighted by molar-refractivity contribution is 5.16. The number of ether oxygens (including phenoxy) is 1. The van der Waals surface area contributed by atoms with Gasteiger partial charge in [-0.05, 0) is 19.9 Å². The van der Waals surface area contributed by atoms with E-state index in [0.717, 1.165) is 6.20 Å². The van der Waals surface area contributed by atoms with Crippen molar-refractivity contribution in [3.63, 3.8) is 0 Å². The highest BCUT2D eigenvalue weighted by atomic mass is 19.1. The third-order valence-electron chi connectivity index (χ3n) is 1.81. The van der Waals surface area contributed by atoms with Crippen LogP contribution in [0.1, 0.15) is 25.5 Å². The molecule has 1 aromatic heterocycles. The molecule has 3 nitrogen and oxygen atoms in total. The van der Waals surface area contributed by atoms with Crippen LogP contribution in [0.4, 0.5) is 4.39 Å². The van der Waals surface area contributed by atoms with Crippen molar-refractivity contribution in [1.29, 1.82) is 0 Å². The fraction of sp³-hybridized carbons (Fsp3) is 0.500. The lowest BCUT2D eigenvalue weighted by atomic mass is 10.1. The first-order chi connectivity index (χ1) is 6.61. The average molecular weight is 198 g/mol. The van der Waals surface area contributed by atoms with Gasteiger partial charge in [-0.1, -0.05) is 0 Å². The summed E-state index contributed by atoms with van der Waals surface area (Å²) in [5, 5.41) is 0. The molecule has 0 aromatic carbocycles. The molecule has 0 spiro atoms. The van der Waals surface area contributed by atoms with Gasteiger partial charge in [-0.3, -0.25) is 4.98 Å². The van der Waals surface area contributed by atoms with Crippen LogP contribution in [-0.4, -0.2) is 17.7 Å². The molecule has 1 unspecified atom stereocenters. The predicted octanol–water partition coefficient (Wildman–Crippen LogP) is 1.65. The van der Waals surface area contributed by atoms with E-state index in [1.54, 1.807) is 6.07 Å². The standard InChI is InChI=1S/C10H15FN2O/c1-7(2)14-6-10(12)8-3-4-13-5-9(8)11/h3-5,7,10H,6,12H2,1-2H3. The lowest BCUT2D eigenvalue weighted by Crippen LogP contribution is -2.20. The van der Waals surface area contributed by atoms with Gasteiger partial charge in [0.2, 0.25) is 0 Å². The van der Waals surface area contributed by atoms with Crippen LogP contribution in [-0.2, 0) is 4.74 Å². The van der Waals surface area contributed by atoms with Gasteiger partial charge in [0.1, 0.15) is 5.82 Å². The second-order valence-corrected chi connectivity index (χ2v) is 3.39. The van der Waals surface area contributed by atoms with Gasteiger partial charge in [0, 0.05) is 11.8 Å². The Balaban J connectivity index is 2.60. The summed E-state index contributed by atoms with van der Waals surface area (Å²) in [6, 6.07) is 1.14. The van der Waals surface area contributed by atoms with Crippen LogP contribution in [0, 0.1) is 5.82 Å². The first-order valence-electron chi connectivity index (χ1n) is 4.58. The minimum atomic E-state index is -0.430. The molecule has 1 aromatic rings. The molecule has 1 atom stereocenters. The largest absolute Gasteiger partial charge is 0.377 e. The van der Waals surface area contributed by atoms with Crippen molar-refractivity contribution in [3.05, 3.63) is 29.8 Å². The van der Waals surface area contributed by atoms with E-state index in [4.69, 9.17) is 10.5 Å². The van der Waals surface area contributed by atoms with E-state index in [0.29, 0.717) is 12.2 Å². The summed E-state index contributed by atoms with van der Waals surface area (Å²) < 4.78 is 18.5. The molecule has 0 aliphatic rings. The van der Waals surface area contributed by atoms with E-state index in [9.17, 15) is 4.39 Å². The summed E-state index contributed by atoms with van der Waals surface area (Å²) >= 11 is 0. The molecule has 0 saturated carbocycles. The number of halogens is 1. The normalized spacial score (nSPS) is 13.2. The highest BCUT2D eigenvalue weighted by Crippen LogP contribution is 2.13. The Morgan fingerprint density at radius 1 is 1.57 bits per heavy atom. The van der Waals surface area contributed by atoms with Crippen molar-refractivity contribution in [3.8, 4) is 0 Å². The van der Waals surface area contributed by atoms with Gasteiger partial charge in [-0.2, -0.15) is 0 Å². The number of nitrogens with two attached hydrogens (primary N) is 1. The number of pyridine rings is 1. The number of rotatable bonds is 4. The van der Waals surface area contributed by atoms with E-state index in [1.807, 2.05) is 13.8 Å². The maximum absolute atomic E-state index is 13.2. The molecule has 0 saturated heterocycles. The zero-order valence-corrected chi connectivity index (χ0v) is 8.40. The van der Waals surface area contributed by atoms with Crippen LogP contribution < -0.4 is 5.73 Å². The molecule has 1 heterocycles. The maximum Gasteiger partial charge on any atom is 0.146 e. The van der Waals surface area contributed by atoms with Gasteiger partial charge in [-0.15, -0.1) is 0 Å².